The fourth-order valence-corrected chi connectivity index (χ4v) is 3.57. The van der Waals surface area contributed by atoms with Crippen LogP contribution in [0.3, 0.4) is 0 Å². The number of aryl methyl sites for hydroxylation is 2. The van der Waals surface area contributed by atoms with E-state index in [1.165, 1.54) is 0 Å². The Bertz CT molecular complexity index is 771. The van der Waals surface area contributed by atoms with E-state index in [0.29, 0.717) is 12.8 Å². The zero-order valence-electron chi connectivity index (χ0n) is 14.4. The van der Waals surface area contributed by atoms with Crippen molar-refractivity contribution < 1.29 is 18.8 Å². The number of ether oxygens (including phenoxy) is 2. The molecule has 1 amide bonds. The summed E-state index contributed by atoms with van der Waals surface area (Å²) in [6.45, 7) is 2.94. The maximum absolute atomic E-state index is 12.8. The molecular formula is C19H22N2O4. The number of aromatic nitrogens is 1. The smallest absolute Gasteiger partial charge is 0.231 e. The highest BCUT2D eigenvalue weighted by atomic mass is 16.7. The van der Waals surface area contributed by atoms with E-state index in [1.807, 2.05) is 36.1 Å². The minimum Gasteiger partial charge on any atom is -0.454 e. The van der Waals surface area contributed by atoms with Gasteiger partial charge in [0.05, 0.1) is 6.04 Å². The summed E-state index contributed by atoms with van der Waals surface area (Å²) >= 11 is 0. The van der Waals surface area contributed by atoms with E-state index in [4.69, 9.17) is 14.0 Å². The van der Waals surface area contributed by atoms with Gasteiger partial charge in [0.2, 0.25) is 12.7 Å². The van der Waals surface area contributed by atoms with Gasteiger partial charge in [-0.25, -0.2) is 0 Å². The number of rotatable bonds is 4. The summed E-state index contributed by atoms with van der Waals surface area (Å²) in [6.07, 6.45) is 4.27. The van der Waals surface area contributed by atoms with Crippen LogP contribution in [0.5, 0.6) is 11.5 Å². The van der Waals surface area contributed by atoms with E-state index in [1.54, 1.807) is 0 Å². The molecule has 25 heavy (non-hydrogen) atoms. The Morgan fingerprint density at radius 1 is 1.24 bits per heavy atom. The highest BCUT2D eigenvalue weighted by molar-refractivity contribution is 5.77. The third-order valence-corrected chi connectivity index (χ3v) is 4.88. The van der Waals surface area contributed by atoms with Gasteiger partial charge in [-0.05, 0) is 50.3 Å². The third kappa shape index (κ3) is 3.34. The molecule has 0 N–H and O–H groups in total. The molecule has 1 unspecified atom stereocenters. The summed E-state index contributed by atoms with van der Waals surface area (Å²) in [6, 6.07) is 7.84. The lowest BCUT2D eigenvalue weighted by Gasteiger charge is -2.34. The summed E-state index contributed by atoms with van der Waals surface area (Å²) in [5.41, 5.74) is 1.96. The SMILES string of the molecule is Cc1cc(C2CCCCN2C(=O)CCc2ccc3c(c2)OCO3)no1. The Balaban J connectivity index is 1.42. The number of piperidine rings is 1. The Labute approximate surface area is 146 Å². The average molecular weight is 342 g/mol. The van der Waals surface area contributed by atoms with Gasteiger partial charge < -0.3 is 18.9 Å². The standard InChI is InChI=1S/C19H22N2O4/c1-13-10-15(20-25-13)16-4-2-3-9-21(16)19(22)8-6-14-5-7-17-18(11-14)24-12-23-17/h5,7,10-11,16H,2-4,6,8-9,12H2,1H3. The molecule has 2 aliphatic rings. The molecule has 4 rings (SSSR count). The van der Waals surface area contributed by atoms with Crippen LogP contribution in [-0.2, 0) is 11.2 Å². The summed E-state index contributed by atoms with van der Waals surface area (Å²) < 4.78 is 15.9. The molecule has 0 aliphatic carbocycles. The van der Waals surface area contributed by atoms with Gasteiger partial charge in [0, 0.05) is 19.0 Å². The largest absolute Gasteiger partial charge is 0.454 e. The maximum atomic E-state index is 12.8. The molecule has 0 spiro atoms. The quantitative estimate of drug-likeness (QED) is 0.852. The second kappa shape index (κ2) is 6.78. The van der Waals surface area contributed by atoms with Gasteiger partial charge in [0.15, 0.2) is 11.5 Å². The Hall–Kier alpha value is -2.50. The van der Waals surface area contributed by atoms with Crippen LogP contribution >= 0.6 is 0 Å². The molecule has 0 saturated carbocycles. The van der Waals surface area contributed by atoms with Crippen LogP contribution in [0.15, 0.2) is 28.8 Å². The van der Waals surface area contributed by atoms with Crippen LogP contribution in [0.25, 0.3) is 0 Å². The van der Waals surface area contributed by atoms with Crippen LogP contribution in [0.1, 0.15) is 48.7 Å². The minimum atomic E-state index is 0.0375. The van der Waals surface area contributed by atoms with Crippen molar-refractivity contribution in [1.29, 1.82) is 0 Å². The van der Waals surface area contributed by atoms with Crippen LogP contribution in [-0.4, -0.2) is 29.3 Å². The number of carbonyl (C=O) groups is 1. The van der Waals surface area contributed by atoms with E-state index in [2.05, 4.69) is 5.16 Å². The van der Waals surface area contributed by atoms with Crippen LogP contribution < -0.4 is 9.47 Å². The predicted molar refractivity (Wildman–Crippen MR) is 90.4 cm³/mol. The van der Waals surface area contributed by atoms with Gasteiger partial charge in [0.1, 0.15) is 11.5 Å². The Morgan fingerprint density at radius 3 is 2.96 bits per heavy atom. The molecule has 2 aliphatic heterocycles. The molecule has 0 bridgehead atoms. The van der Waals surface area contributed by atoms with E-state index in [-0.39, 0.29) is 18.7 Å². The van der Waals surface area contributed by atoms with Gasteiger partial charge >= 0.3 is 0 Å². The highest BCUT2D eigenvalue weighted by Gasteiger charge is 2.29. The molecule has 0 radical (unpaired) electrons. The molecule has 1 atom stereocenters. The number of fused-ring (bicyclic) bond motifs is 1. The molecule has 6 heteroatoms. The predicted octanol–water partition coefficient (Wildman–Crippen LogP) is 3.40. The van der Waals surface area contributed by atoms with Crippen molar-refractivity contribution in [1.82, 2.24) is 10.1 Å². The first-order valence-corrected chi connectivity index (χ1v) is 8.82. The highest BCUT2D eigenvalue weighted by Crippen LogP contribution is 2.34. The number of benzene rings is 1. The first-order valence-electron chi connectivity index (χ1n) is 8.82. The zero-order chi connectivity index (χ0) is 17.2. The maximum Gasteiger partial charge on any atom is 0.231 e. The molecule has 1 fully saturated rings. The number of hydrogen-bond donors (Lipinski definition) is 0. The number of amides is 1. The fraction of sp³-hybridized carbons (Fsp3) is 0.474. The molecule has 1 saturated heterocycles. The zero-order valence-corrected chi connectivity index (χ0v) is 14.4. The summed E-state index contributed by atoms with van der Waals surface area (Å²) in [7, 11) is 0. The van der Waals surface area contributed by atoms with Crippen molar-refractivity contribution in [2.75, 3.05) is 13.3 Å². The Morgan fingerprint density at radius 2 is 2.12 bits per heavy atom. The van der Waals surface area contributed by atoms with Crippen LogP contribution in [0, 0.1) is 6.92 Å². The molecule has 6 nitrogen and oxygen atoms in total. The second-order valence-corrected chi connectivity index (χ2v) is 6.65. The number of nitrogens with zero attached hydrogens (tertiary/aromatic N) is 2. The topological polar surface area (TPSA) is 64.8 Å². The fourth-order valence-electron chi connectivity index (χ4n) is 3.57. The number of likely N-dealkylation sites (tertiary alicyclic amines) is 1. The first-order chi connectivity index (χ1) is 12.2. The minimum absolute atomic E-state index is 0.0375. The summed E-state index contributed by atoms with van der Waals surface area (Å²) in [5.74, 6) is 2.49. The van der Waals surface area contributed by atoms with Crippen LogP contribution in [0.4, 0.5) is 0 Å². The van der Waals surface area contributed by atoms with Gasteiger partial charge in [-0.1, -0.05) is 11.2 Å². The van der Waals surface area contributed by atoms with Crippen molar-refractivity contribution in [2.24, 2.45) is 0 Å². The monoisotopic (exact) mass is 342 g/mol. The van der Waals surface area contributed by atoms with Crippen molar-refractivity contribution in [3.05, 3.63) is 41.3 Å². The van der Waals surface area contributed by atoms with Gasteiger partial charge in [-0.2, -0.15) is 0 Å². The lowest BCUT2D eigenvalue weighted by molar-refractivity contribution is -0.135. The number of hydrogen-bond acceptors (Lipinski definition) is 5. The van der Waals surface area contributed by atoms with Crippen LogP contribution in [0.2, 0.25) is 0 Å². The molecule has 132 valence electrons. The lowest BCUT2D eigenvalue weighted by Crippen LogP contribution is -2.38. The summed E-state index contributed by atoms with van der Waals surface area (Å²) in [4.78, 5) is 14.8. The van der Waals surface area contributed by atoms with E-state index >= 15 is 0 Å². The second-order valence-electron chi connectivity index (χ2n) is 6.65. The van der Waals surface area contributed by atoms with E-state index in [0.717, 1.165) is 54.3 Å². The number of carbonyl (C=O) groups excluding carboxylic acids is 1. The molecule has 1 aromatic carbocycles. The first kappa shape index (κ1) is 16.0. The lowest BCUT2D eigenvalue weighted by atomic mass is 9.98. The van der Waals surface area contributed by atoms with E-state index in [9.17, 15) is 4.79 Å². The van der Waals surface area contributed by atoms with Crippen molar-refractivity contribution in [2.45, 2.75) is 45.1 Å². The Kier molecular flexibility index (Phi) is 4.34. The molecule has 1 aromatic heterocycles. The van der Waals surface area contributed by atoms with Gasteiger partial charge in [0.25, 0.3) is 0 Å². The molecule has 2 aromatic rings. The third-order valence-electron chi connectivity index (χ3n) is 4.88. The van der Waals surface area contributed by atoms with Gasteiger partial charge in [-0.15, -0.1) is 0 Å². The van der Waals surface area contributed by atoms with Gasteiger partial charge in [-0.3, -0.25) is 4.79 Å². The molecular weight excluding hydrogens is 320 g/mol. The summed E-state index contributed by atoms with van der Waals surface area (Å²) in [5, 5.41) is 4.13. The van der Waals surface area contributed by atoms with Crippen molar-refractivity contribution >= 4 is 5.91 Å². The average Bonchev–Trinajstić information content (AvgIpc) is 3.28. The van der Waals surface area contributed by atoms with Crippen molar-refractivity contribution in [3.63, 3.8) is 0 Å². The van der Waals surface area contributed by atoms with E-state index < -0.39 is 0 Å². The molecule has 3 heterocycles. The normalized spacial score (nSPS) is 19.2. The van der Waals surface area contributed by atoms with Crippen molar-refractivity contribution in [3.8, 4) is 11.5 Å².